The normalized spacial score (nSPS) is 11.4. The van der Waals surface area contributed by atoms with Gasteiger partial charge in [-0.25, -0.2) is 4.98 Å². The van der Waals surface area contributed by atoms with Gasteiger partial charge in [0, 0.05) is 16.5 Å². The number of nitrogens with zero attached hydrogens (tertiary/aromatic N) is 2. The summed E-state index contributed by atoms with van der Waals surface area (Å²) in [5.74, 6) is -0.683. The van der Waals surface area contributed by atoms with Gasteiger partial charge in [-0.1, -0.05) is 15.9 Å². The highest BCUT2D eigenvalue weighted by molar-refractivity contribution is 9.08. The Kier molecular flexibility index (Phi) is 3.91. The lowest BCUT2D eigenvalue weighted by molar-refractivity contribution is -0.385. The van der Waals surface area contributed by atoms with Crippen molar-refractivity contribution >= 4 is 21.6 Å². The second kappa shape index (κ2) is 4.86. The van der Waals surface area contributed by atoms with Gasteiger partial charge in [0.2, 0.25) is 5.88 Å². The molecule has 0 N–H and O–H groups in total. The van der Waals surface area contributed by atoms with Crippen molar-refractivity contribution in [2.75, 3.05) is 0 Å². The SMILES string of the molecule is Cc1c([N+](=O)[O-])cnc(OC(F)(F)F)c1CBr. The second-order valence-electron chi connectivity index (χ2n) is 2.99. The molecule has 9 heteroatoms. The van der Waals surface area contributed by atoms with Crippen LogP contribution in [0.5, 0.6) is 5.88 Å². The molecule has 17 heavy (non-hydrogen) atoms. The van der Waals surface area contributed by atoms with Crippen LogP contribution in [0.3, 0.4) is 0 Å². The quantitative estimate of drug-likeness (QED) is 0.488. The Balaban J connectivity index is 3.26. The van der Waals surface area contributed by atoms with E-state index in [1.54, 1.807) is 0 Å². The molecule has 1 aromatic heterocycles. The molecule has 0 aliphatic carbocycles. The number of rotatable bonds is 3. The lowest BCUT2D eigenvalue weighted by atomic mass is 10.1. The molecule has 0 unspecified atom stereocenters. The predicted molar refractivity (Wildman–Crippen MR) is 54.9 cm³/mol. The number of aromatic nitrogens is 1. The zero-order valence-corrected chi connectivity index (χ0v) is 10.0. The molecule has 0 aliphatic heterocycles. The highest BCUT2D eigenvalue weighted by Gasteiger charge is 2.34. The van der Waals surface area contributed by atoms with E-state index in [0.29, 0.717) is 0 Å². The van der Waals surface area contributed by atoms with Gasteiger partial charge in [0.1, 0.15) is 6.20 Å². The fourth-order valence-corrected chi connectivity index (χ4v) is 1.81. The lowest BCUT2D eigenvalue weighted by Crippen LogP contribution is -2.19. The van der Waals surface area contributed by atoms with Gasteiger partial charge in [0.15, 0.2) is 0 Å². The van der Waals surface area contributed by atoms with Crippen molar-refractivity contribution in [3.05, 3.63) is 27.4 Å². The molecule has 0 spiro atoms. The van der Waals surface area contributed by atoms with Crippen molar-refractivity contribution in [1.82, 2.24) is 4.98 Å². The molecule has 5 nitrogen and oxygen atoms in total. The highest BCUT2D eigenvalue weighted by atomic mass is 79.9. The van der Waals surface area contributed by atoms with Gasteiger partial charge in [-0.3, -0.25) is 10.1 Å². The Morgan fingerprint density at radius 3 is 2.59 bits per heavy atom. The van der Waals surface area contributed by atoms with Crippen molar-refractivity contribution in [3.8, 4) is 5.88 Å². The van der Waals surface area contributed by atoms with Crippen LogP contribution in [0, 0.1) is 17.0 Å². The fourth-order valence-electron chi connectivity index (χ4n) is 1.15. The predicted octanol–water partition coefficient (Wildman–Crippen LogP) is 3.09. The van der Waals surface area contributed by atoms with Gasteiger partial charge in [0.25, 0.3) is 5.69 Å². The van der Waals surface area contributed by atoms with Crippen molar-refractivity contribution in [1.29, 1.82) is 0 Å². The first kappa shape index (κ1) is 13.7. The van der Waals surface area contributed by atoms with Gasteiger partial charge in [0.05, 0.1) is 4.92 Å². The summed E-state index contributed by atoms with van der Waals surface area (Å²) in [5.41, 5.74) is -0.272. The zero-order valence-electron chi connectivity index (χ0n) is 8.42. The fraction of sp³-hybridized carbons (Fsp3) is 0.375. The molecular formula is C8H6BrF3N2O3. The van der Waals surface area contributed by atoms with Crippen LogP contribution in [0.4, 0.5) is 18.9 Å². The van der Waals surface area contributed by atoms with E-state index >= 15 is 0 Å². The Hall–Kier alpha value is -1.38. The maximum Gasteiger partial charge on any atom is 0.574 e. The highest BCUT2D eigenvalue weighted by Crippen LogP contribution is 2.32. The minimum atomic E-state index is -4.88. The van der Waals surface area contributed by atoms with Crippen LogP contribution in [0.25, 0.3) is 0 Å². The molecule has 0 radical (unpaired) electrons. The summed E-state index contributed by atoms with van der Waals surface area (Å²) < 4.78 is 39.8. The largest absolute Gasteiger partial charge is 0.574 e. The first-order chi connectivity index (χ1) is 7.76. The average molecular weight is 315 g/mol. The molecule has 0 saturated carbocycles. The number of ether oxygens (including phenoxy) is 1. The minimum Gasteiger partial charge on any atom is -0.388 e. The first-order valence-corrected chi connectivity index (χ1v) is 5.33. The maximum absolute atomic E-state index is 12.0. The standard InChI is InChI=1S/C8H6BrF3N2O3/c1-4-5(2-9)7(17-8(10,11)12)13-3-6(4)14(15)16/h3H,2H2,1H3. The summed E-state index contributed by atoms with van der Waals surface area (Å²) in [6.07, 6.45) is -4.14. The van der Waals surface area contributed by atoms with Crippen molar-refractivity contribution in [2.24, 2.45) is 0 Å². The van der Waals surface area contributed by atoms with Crippen molar-refractivity contribution in [3.63, 3.8) is 0 Å². The van der Waals surface area contributed by atoms with Crippen LogP contribution in [0.1, 0.15) is 11.1 Å². The Morgan fingerprint density at radius 2 is 2.18 bits per heavy atom. The van der Waals surface area contributed by atoms with Gasteiger partial charge in [-0.2, -0.15) is 0 Å². The van der Waals surface area contributed by atoms with E-state index in [9.17, 15) is 23.3 Å². The van der Waals surface area contributed by atoms with E-state index in [4.69, 9.17) is 0 Å². The van der Waals surface area contributed by atoms with Crippen LogP contribution in [-0.4, -0.2) is 16.3 Å². The van der Waals surface area contributed by atoms with Gasteiger partial charge >= 0.3 is 6.36 Å². The average Bonchev–Trinajstić information content (AvgIpc) is 2.15. The third-order valence-corrected chi connectivity index (χ3v) is 2.50. The van der Waals surface area contributed by atoms with Crippen LogP contribution >= 0.6 is 15.9 Å². The number of nitro groups is 1. The van der Waals surface area contributed by atoms with Crippen LogP contribution in [0.2, 0.25) is 0 Å². The molecule has 0 saturated heterocycles. The molecule has 1 rings (SSSR count). The minimum absolute atomic E-state index is 0.00322. The van der Waals surface area contributed by atoms with E-state index in [1.807, 2.05) is 0 Å². The molecule has 0 amide bonds. The topological polar surface area (TPSA) is 65.3 Å². The number of halogens is 4. The molecule has 1 heterocycles. The molecule has 1 aromatic rings. The second-order valence-corrected chi connectivity index (χ2v) is 3.55. The van der Waals surface area contributed by atoms with E-state index in [2.05, 4.69) is 25.7 Å². The van der Waals surface area contributed by atoms with Gasteiger partial charge in [-0.15, -0.1) is 13.2 Å². The number of pyridine rings is 1. The molecule has 0 atom stereocenters. The number of hydrogen-bond donors (Lipinski definition) is 0. The summed E-state index contributed by atoms with van der Waals surface area (Å²) in [6.45, 7) is 1.33. The van der Waals surface area contributed by atoms with Crippen LogP contribution in [-0.2, 0) is 5.33 Å². The van der Waals surface area contributed by atoms with Gasteiger partial charge in [-0.05, 0) is 6.92 Å². The summed E-state index contributed by atoms with van der Waals surface area (Å²) in [7, 11) is 0. The third kappa shape index (κ3) is 3.29. The molecule has 94 valence electrons. The number of hydrogen-bond acceptors (Lipinski definition) is 4. The maximum atomic E-state index is 12.0. The first-order valence-electron chi connectivity index (χ1n) is 4.21. The van der Waals surface area contributed by atoms with E-state index < -0.39 is 17.2 Å². The Bertz CT molecular complexity index is 450. The molecule has 0 fully saturated rings. The van der Waals surface area contributed by atoms with E-state index in [-0.39, 0.29) is 22.1 Å². The number of alkyl halides is 4. The Morgan fingerprint density at radius 1 is 1.59 bits per heavy atom. The van der Waals surface area contributed by atoms with Crippen LogP contribution < -0.4 is 4.74 Å². The summed E-state index contributed by atoms with van der Waals surface area (Å²) in [4.78, 5) is 13.2. The molecule has 0 bridgehead atoms. The zero-order chi connectivity index (χ0) is 13.2. The van der Waals surface area contributed by atoms with Crippen molar-refractivity contribution < 1.29 is 22.8 Å². The lowest BCUT2D eigenvalue weighted by Gasteiger charge is -2.12. The third-order valence-electron chi connectivity index (χ3n) is 1.94. The van der Waals surface area contributed by atoms with E-state index in [0.717, 1.165) is 6.20 Å². The Labute approximate surface area is 102 Å². The smallest absolute Gasteiger partial charge is 0.388 e. The van der Waals surface area contributed by atoms with Gasteiger partial charge < -0.3 is 4.74 Å². The molecule has 0 aromatic carbocycles. The van der Waals surface area contributed by atoms with Crippen LogP contribution in [0.15, 0.2) is 6.20 Å². The van der Waals surface area contributed by atoms with E-state index in [1.165, 1.54) is 6.92 Å². The van der Waals surface area contributed by atoms with Crippen molar-refractivity contribution in [2.45, 2.75) is 18.6 Å². The summed E-state index contributed by atoms with van der Waals surface area (Å²) in [5, 5.41) is 10.5. The monoisotopic (exact) mass is 314 g/mol. The molecular weight excluding hydrogens is 309 g/mol. The summed E-state index contributed by atoms with van der Waals surface area (Å²) in [6, 6.07) is 0. The molecule has 0 aliphatic rings. The summed E-state index contributed by atoms with van der Waals surface area (Å²) >= 11 is 2.94.